The maximum atomic E-state index is 9.96. The van der Waals surface area contributed by atoms with E-state index in [0.29, 0.717) is 18.7 Å². The van der Waals surface area contributed by atoms with Crippen molar-refractivity contribution in [2.45, 2.75) is 18.9 Å². The predicted octanol–water partition coefficient (Wildman–Crippen LogP) is 1.20. The van der Waals surface area contributed by atoms with E-state index in [1.165, 1.54) is 0 Å². The van der Waals surface area contributed by atoms with Gasteiger partial charge in [0.15, 0.2) is 0 Å². The summed E-state index contributed by atoms with van der Waals surface area (Å²) in [5, 5.41) is 9.96. The third-order valence-electron chi connectivity index (χ3n) is 2.51. The van der Waals surface area contributed by atoms with Crippen LogP contribution < -0.4 is 5.73 Å². The largest absolute Gasteiger partial charge is 0.392 e. The van der Waals surface area contributed by atoms with Gasteiger partial charge < -0.3 is 10.8 Å². The molecular weight excluding hydrogens is 214 g/mol. The van der Waals surface area contributed by atoms with Crippen LogP contribution in [0.1, 0.15) is 11.1 Å². The van der Waals surface area contributed by atoms with Gasteiger partial charge in [-0.25, -0.2) is 4.98 Å². The summed E-state index contributed by atoms with van der Waals surface area (Å²) < 4.78 is 0. The molecule has 0 fully saturated rings. The first-order chi connectivity index (χ1) is 8.24. The minimum absolute atomic E-state index is 0.430. The van der Waals surface area contributed by atoms with Crippen LogP contribution in [0.5, 0.6) is 0 Å². The number of aliphatic hydroxyl groups is 1. The topological polar surface area (TPSA) is 72.0 Å². The van der Waals surface area contributed by atoms with Gasteiger partial charge in [0.1, 0.15) is 5.82 Å². The number of hydrogen-bond acceptors (Lipinski definition) is 4. The number of aliphatic hydroxyl groups excluding tert-OH is 1. The molecule has 2 rings (SSSR count). The molecular formula is C13H15N3O. The van der Waals surface area contributed by atoms with Crippen LogP contribution >= 0.6 is 0 Å². The second kappa shape index (κ2) is 5.41. The highest BCUT2D eigenvalue weighted by Crippen LogP contribution is 2.09. The van der Waals surface area contributed by atoms with Gasteiger partial charge in [-0.05, 0) is 35.7 Å². The number of rotatable bonds is 4. The van der Waals surface area contributed by atoms with Crippen LogP contribution in [-0.2, 0) is 12.8 Å². The number of aromatic nitrogens is 2. The fraction of sp³-hybridized carbons (Fsp3) is 0.231. The summed E-state index contributed by atoms with van der Waals surface area (Å²) in [7, 11) is 0. The number of nitrogens with zero attached hydrogens (tertiary/aromatic N) is 2. The van der Waals surface area contributed by atoms with Crippen molar-refractivity contribution in [3.8, 4) is 0 Å². The zero-order chi connectivity index (χ0) is 12.1. The molecule has 2 aromatic heterocycles. The monoisotopic (exact) mass is 229 g/mol. The number of nitrogens with two attached hydrogens (primary N) is 1. The highest BCUT2D eigenvalue weighted by Gasteiger charge is 2.07. The van der Waals surface area contributed by atoms with Crippen molar-refractivity contribution >= 4 is 5.82 Å². The number of nitrogen functional groups attached to an aromatic ring is 1. The second-order valence-corrected chi connectivity index (χ2v) is 4.01. The minimum atomic E-state index is -0.430. The zero-order valence-electron chi connectivity index (χ0n) is 9.45. The normalized spacial score (nSPS) is 12.3. The van der Waals surface area contributed by atoms with Crippen LogP contribution in [0.15, 0.2) is 42.9 Å². The summed E-state index contributed by atoms with van der Waals surface area (Å²) in [6, 6.07) is 7.47. The fourth-order valence-electron chi connectivity index (χ4n) is 1.76. The van der Waals surface area contributed by atoms with Gasteiger partial charge in [-0.2, -0.15) is 0 Å². The van der Waals surface area contributed by atoms with Crippen LogP contribution in [0, 0.1) is 0 Å². The summed E-state index contributed by atoms with van der Waals surface area (Å²) in [6.45, 7) is 0. The first-order valence-electron chi connectivity index (χ1n) is 5.51. The van der Waals surface area contributed by atoms with Gasteiger partial charge in [0, 0.05) is 25.0 Å². The highest BCUT2D eigenvalue weighted by atomic mass is 16.3. The second-order valence-electron chi connectivity index (χ2n) is 4.01. The van der Waals surface area contributed by atoms with E-state index in [2.05, 4.69) is 9.97 Å². The fourth-order valence-corrected chi connectivity index (χ4v) is 1.76. The third kappa shape index (κ3) is 3.53. The van der Waals surface area contributed by atoms with E-state index in [-0.39, 0.29) is 0 Å². The van der Waals surface area contributed by atoms with Crippen molar-refractivity contribution in [1.29, 1.82) is 0 Å². The Labute approximate surface area is 100 Å². The van der Waals surface area contributed by atoms with E-state index in [1.807, 2.05) is 18.2 Å². The average Bonchev–Trinajstić information content (AvgIpc) is 2.30. The molecule has 0 amide bonds. The molecule has 0 aliphatic rings. The van der Waals surface area contributed by atoms with Gasteiger partial charge in [0.05, 0.1) is 6.10 Å². The van der Waals surface area contributed by atoms with Gasteiger partial charge in [0.2, 0.25) is 0 Å². The maximum absolute atomic E-state index is 9.96. The first-order valence-corrected chi connectivity index (χ1v) is 5.51. The Hall–Kier alpha value is -1.94. The summed E-state index contributed by atoms with van der Waals surface area (Å²) >= 11 is 0. The quantitative estimate of drug-likeness (QED) is 0.826. The van der Waals surface area contributed by atoms with Crippen molar-refractivity contribution in [3.05, 3.63) is 54.0 Å². The van der Waals surface area contributed by atoms with Crippen molar-refractivity contribution in [2.75, 3.05) is 5.73 Å². The molecule has 2 heterocycles. The Morgan fingerprint density at radius 3 is 2.71 bits per heavy atom. The van der Waals surface area contributed by atoms with Gasteiger partial charge in [0.25, 0.3) is 0 Å². The van der Waals surface area contributed by atoms with Crippen molar-refractivity contribution in [1.82, 2.24) is 9.97 Å². The summed E-state index contributed by atoms with van der Waals surface area (Å²) in [6.07, 6.45) is 5.88. The van der Waals surface area contributed by atoms with E-state index in [9.17, 15) is 5.11 Å². The Kier molecular flexibility index (Phi) is 3.67. The molecule has 17 heavy (non-hydrogen) atoms. The van der Waals surface area contributed by atoms with Gasteiger partial charge in [-0.15, -0.1) is 0 Å². The molecule has 1 atom stereocenters. The average molecular weight is 229 g/mol. The molecule has 4 nitrogen and oxygen atoms in total. The molecule has 0 bridgehead atoms. The summed E-state index contributed by atoms with van der Waals surface area (Å²) in [5.74, 6) is 0.482. The van der Waals surface area contributed by atoms with Gasteiger partial charge in [-0.1, -0.05) is 6.07 Å². The Morgan fingerprint density at radius 1 is 1.18 bits per heavy atom. The van der Waals surface area contributed by atoms with E-state index in [4.69, 9.17) is 5.73 Å². The van der Waals surface area contributed by atoms with Crippen LogP contribution in [0.2, 0.25) is 0 Å². The number of hydrogen-bond donors (Lipinski definition) is 2. The molecule has 0 spiro atoms. The molecule has 4 heteroatoms. The highest BCUT2D eigenvalue weighted by molar-refractivity contribution is 5.32. The van der Waals surface area contributed by atoms with E-state index < -0.39 is 6.10 Å². The lowest BCUT2D eigenvalue weighted by Gasteiger charge is -2.10. The molecule has 0 aromatic carbocycles. The SMILES string of the molecule is Nc1cc(CC(O)Cc2cccnc2)ccn1. The molecule has 2 aromatic rings. The standard InChI is InChI=1S/C13H15N3O/c14-13-8-10(3-5-16-13)6-12(17)7-11-2-1-4-15-9-11/h1-5,8-9,12,17H,6-7H2,(H2,14,16). The van der Waals surface area contributed by atoms with Crippen LogP contribution in [0.3, 0.4) is 0 Å². The van der Waals surface area contributed by atoms with E-state index in [0.717, 1.165) is 11.1 Å². The molecule has 0 saturated carbocycles. The summed E-state index contributed by atoms with van der Waals surface area (Å²) in [5.41, 5.74) is 7.61. The lowest BCUT2D eigenvalue weighted by molar-refractivity contribution is 0.175. The molecule has 88 valence electrons. The van der Waals surface area contributed by atoms with Crippen molar-refractivity contribution < 1.29 is 5.11 Å². The Bertz CT molecular complexity index is 473. The first kappa shape index (κ1) is 11.5. The molecule has 0 aliphatic carbocycles. The van der Waals surface area contributed by atoms with Crippen LogP contribution in [0.4, 0.5) is 5.82 Å². The van der Waals surface area contributed by atoms with Gasteiger partial charge >= 0.3 is 0 Å². The lowest BCUT2D eigenvalue weighted by atomic mass is 10.0. The van der Waals surface area contributed by atoms with E-state index in [1.54, 1.807) is 24.7 Å². The zero-order valence-corrected chi connectivity index (χ0v) is 9.45. The Balaban J connectivity index is 1.96. The van der Waals surface area contributed by atoms with Crippen LogP contribution in [-0.4, -0.2) is 21.2 Å². The smallest absolute Gasteiger partial charge is 0.123 e. The molecule has 1 unspecified atom stereocenters. The van der Waals surface area contributed by atoms with Crippen molar-refractivity contribution in [3.63, 3.8) is 0 Å². The Morgan fingerprint density at radius 2 is 2.00 bits per heavy atom. The summed E-state index contributed by atoms with van der Waals surface area (Å²) in [4.78, 5) is 7.94. The molecule has 0 saturated heterocycles. The van der Waals surface area contributed by atoms with Gasteiger partial charge in [-0.3, -0.25) is 4.98 Å². The van der Waals surface area contributed by atoms with E-state index >= 15 is 0 Å². The minimum Gasteiger partial charge on any atom is -0.392 e. The maximum Gasteiger partial charge on any atom is 0.123 e. The predicted molar refractivity (Wildman–Crippen MR) is 66.3 cm³/mol. The molecule has 3 N–H and O–H groups in total. The van der Waals surface area contributed by atoms with Crippen molar-refractivity contribution in [2.24, 2.45) is 0 Å². The molecule has 0 radical (unpaired) electrons. The van der Waals surface area contributed by atoms with Crippen LogP contribution in [0.25, 0.3) is 0 Å². The number of anilines is 1. The lowest BCUT2D eigenvalue weighted by Crippen LogP contribution is -2.14. The number of pyridine rings is 2. The third-order valence-corrected chi connectivity index (χ3v) is 2.51. The molecule has 0 aliphatic heterocycles.